The number of hydrogen-bond acceptors (Lipinski definition) is 2. The van der Waals surface area contributed by atoms with Gasteiger partial charge in [0.1, 0.15) is 0 Å². The highest BCUT2D eigenvalue weighted by Crippen LogP contribution is 2.63. The quantitative estimate of drug-likeness (QED) is 0.906. The molecule has 2 nitrogen and oxygen atoms in total. The summed E-state index contributed by atoms with van der Waals surface area (Å²) in [6.45, 7) is 11.5. The summed E-state index contributed by atoms with van der Waals surface area (Å²) in [7, 11) is 0. The second-order valence-electron chi connectivity index (χ2n) is 6.69. The van der Waals surface area contributed by atoms with Crippen molar-refractivity contribution in [2.75, 3.05) is 19.8 Å². The van der Waals surface area contributed by atoms with Crippen molar-refractivity contribution < 1.29 is 4.74 Å². The molecule has 1 aliphatic carbocycles. The van der Waals surface area contributed by atoms with Crippen LogP contribution in [0.2, 0.25) is 0 Å². The van der Waals surface area contributed by atoms with E-state index in [1.54, 1.807) is 5.56 Å². The molecule has 0 atom stereocenters. The van der Waals surface area contributed by atoms with Gasteiger partial charge in [0.2, 0.25) is 0 Å². The van der Waals surface area contributed by atoms with Crippen molar-refractivity contribution in [1.29, 1.82) is 0 Å². The average molecular weight is 259 g/mol. The van der Waals surface area contributed by atoms with Gasteiger partial charge in [0.05, 0.1) is 13.2 Å². The zero-order chi connectivity index (χ0) is 13.8. The Balaban J connectivity index is 2.21. The minimum Gasteiger partial charge on any atom is -0.379 e. The van der Waals surface area contributed by atoms with E-state index in [9.17, 15) is 0 Å². The van der Waals surface area contributed by atoms with E-state index in [1.807, 2.05) is 0 Å². The van der Waals surface area contributed by atoms with E-state index in [2.05, 4.69) is 33.8 Å². The lowest BCUT2D eigenvalue weighted by molar-refractivity contribution is -0.0979. The van der Waals surface area contributed by atoms with Crippen LogP contribution in [0.5, 0.6) is 0 Å². The van der Waals surface area contributed by atoms with Crippen molar-refractivity contribution in [3.05, 3.63) is 33.9 Å². The van der Waals surface area contributed by atoms with Gasteiger partial charge >= 0.3 is 0 Å². The fourth-order valence-corrected chi connectivity index (χ4v) is 3.99. The third-order valence-electron chi connectivity index (χ3n) is 5.80. The molecule has 0 spiro atoms. The molecule has 1 heterocycles. The van der Waals surface area contributed by atoms with Crippen molar-refractivity contribution in [3.63, 3.8) is 0 Å². The zero-order valence-corrected chi connectivity index (χ0v) is 12.6. The fraction of sp³-hybridized carbons (Fsp3) is 0.647. The van der Waals surface area contributed by atoms with Crippen molar-refractivity contribution in [2.24, 2.45) is 11.1 Å². The largest absolute Gasteiger partial charge is 0.379 e. The number of benzene rings is 1. The molecular weight excluding hydrogens is 234 g/mol. The van der Waals surface area contributed by atoms with Crippen LogP contribution in [0, 0.1) is 33.1 Å². The van der Waals surface area contributed by atoms with Crippen LogP contribution in [0.1, 0.15) is 40.7 Å². The Bertz CT molecular complexity index is 498. The van der Waals surface area contributed by atoms with E-state index in [0.29, 0.717) is 5.41 Å². The van der Waals surface area contributed by atoms with Gasteiger partial charge < -0.3 is 10.5 Å². The van der Waals surface area contributed by atoms with Crippen LogP contribution in [0.15, 0.2) is 6.07 Å². The number of ether oxygens (including phenoxy) is 1. The Morgan fingerprint density at radius 1 is 1.05 bits per heavy atom. The van der Waals surface area contributed by atoms with Crippen molar-refractivity contribution in [1.82, 2.24) is 0 Å². The number of hydrogen-bond donors (Lipinski definition) is 1. The summed E-state index contributed by atoms with van der Waals surface area (Å²) in [6.07, 6.45) is 2.53. The average Bonchev–Trinajstić information content (AvgIpc) is 3.11. The van der Waals surface area contributed by atoms with Gasteiger partial charge in [-0.15, -0.1) is 0 Å². The number of rotatable bonds is 3. The highest BCUT2D eigenvalue weighted by Gasteiger charge is 2.63. The SMILES string of the molecule is Cc1cc(C)c(C)c(C2(C3(CN)CC3)COC2)c1C. The predicted octanol–water partition coefficient (Wildman–Crippen LogP) is 2.93. The summed E-state index contributed by atoms with van der Waals surface area (Å²) in [4.78, 5) is 0. The topological polar surface area (TPSA) is 35.2 Å². The molecule has 2 aliphatic rings. The summed E-state index contributed by atoms with van der Waals surface area (Å²) >= 11 is 0. The molecule has 0 radical (unpaired) electrons. The molecule has 0 amide bonds. The van der Waals surface area contributed by atoms with Crippen molar-refractivity contribution in [3.8, 4) is 0 Å². The molecule has 2 N–H and O–H groups in total. The molecule has 0 aromatic heterocycles. The maximum Gasteiger partial charge on any atom is 0.0591 e. The minimum atomic E-state index is 0.187. The Labute approximate surface area is 116 Å². The Kier molecular flexibility index (Phi) is 2.81. The van der Waals surface area contributed by atoms with E-state index in [4.69, 9.17) is 10.5 Å². The van der Waals surface area contributed by atoms with Crippen LogP contribution in [-0.4, -0.2) is 19.8 Å². The smallest absolute Gasteiger partial charge is 0.0591 e. The first-order valence-corrected chi connectivity index (χ1v) is 7.33. The molecule has 3 rings (SSSR count). The van der Waals surface area contributed by atoms with E-state index in [-0.39, 0.29) is 5.41 Å². The van der Waals surface area contributed by atoms with Crippen LogP contribution < -0.4 is 5.73 Å². The summed E-state index contributed by atoms with van der Waals surface area (Å²) in [5.74, 6) is 0. The van der Waals surface area contributed by atoms with Crippen LogP contribution in [0.4, 0.5) is 0 Å². The Hall–Kier alpha value is -0.860. The summed E-state index contributed by atoms with van der Waals surface area (Å²) in [6, 6.07) is 2.31. The highest BCUT2D eigenvalue weighted by molar-refractivity contribution is 5.51. The van der Waals surface area contributed by atoms with Gasteiger partial charge in [-0.1, -0.05) is 6.07 Å². The van der Waals surface area contributed by atoms with Crippen molar-refractivity contribution in [2.45, 2.75) is 46.0 Å². The van der Waals surface area contributed by atoms with Gasteiger partial charge in [0.25, 0.3) is 0 Å². The van der Waals surface area contributed by atoms with E-state index < -0.39 is 0 Å². The molecule has 1 aromatic rings. The number of aryl methyl sites for hydroxylation is 2. The minimum absolute atomic E-state index is 0.187. The first-order chi connectivity index (χ1) is 8.97. The monoisotopic (exact) mass is 259 g/mol. The third kappa shape index (κ3) is 1.56. The molecular formula is C17H25NO. The molecule has 0 unspecified atom stereocenters. The van der Waals surface area contributed by atoms with Gasteiger partial charge in [-0.3, -0.25) is 0 Å². The summed E-state index contributed by atoms with van der Waals surface area (Å²) in [5.41, 5.74) is 13.9. The van der Waals surface area contributed by atoms with Crippen LogP contribution in [0.3, 0.4) is 0 Å². The maximum atomic E-state index is 6.12. The standard InChI is InChI=1S/C17H25NO/c1-11-7-12(2)14(4)15(13(11)3)17(9-19-10-17)16(8-18)5-6-16/h7H,5-6,8-10,18H2,1-4H3. The zero-order valence-electron chi connectivity index (χ0n) is 12.6. The predicted molar refractivity (Wildman–Crippen MR) is 78.6 cm³/mol. The molecule has 19 heavy (non-hydrogen) atoms. The lowest BCUT2D eigenvalue weighted by Gasteiger charge is -2.50. The van der Waals surface area contributed by atoms with Gasteiger partial charge in [-0.25, -0.2) is 0 Å². The Morgan fingerprint density at radius 2 is 1.58 bits per heavy atom. The van der Waals surface area contributed by atoms with Gasteiger partial charge in [0, 0.05) is 5.41 Å². The van der Waals surface area contributed by atoms with Crippen molar-refractivity contribution >= 4 is 0 Å². The molecule has 104 valence electrons. The molecule has 1 saturated carbocycles. The second-order valence-corrected chi connectivity index (χ2v) is 6.69. The molecule has 1 saturated heterocycles. The highest BCUT2D eigenvalue weighted by atomic mass is 16.5. The fourth-order valence-electron chi connectivity index (χ4n) is 3.99. The lowest BCUT2D eigenvalue weighted by atomic mass is 9.63. The maximum absolute atomic E-state index is 6.12. The normalized spacial score (nSPS) is 23.0. The lowest BCUT2D eigenvalue weighted by Crippen LogP contribution is -2.56. The molecule has 1 aromatic carbocycles. The molecule has 0 bridgehead atoms. The van der Waals surface area contributed by atoms with Gasteiger partial charge in [-0.2, -0.15) is 0 Å². The van der Waals surface area contributed by atoms with Gasteiger partial charge in [-0.05, 0) is 80.3 Å². The van der Waals surface area contributed by atoms with E-state index in [1.165, 1.54) is 35.1 Å². The van der Waals surface area contributed by atoms with Crippen LogP contribution in [0.25, 0.3) is 0 Å². The van der Waals surface area contributed by atoms with E-state index in [0.717, 1.165) is 19.8 Å². The van der Waals surface area contributed by atoms with Crippen LogP contribution >= 0.6 is 0 Å². The first-order valence-electron chi connectivity index (χ1n) is 7.33. The molecule has 2 heteroatoms. The first kappa shape index (κ1) is 13.1. The number of nitrogens with two attached hydrogens (primary N) is 1. The Morgan fingerprint density at radius 3 is 1.89 bits per heavy atom. The molecule has 2 fully saturated rings. The summed E-state index contributed by atoms with van der Waals surface area (Å²) in [5, 5.41) is 0. The molecule has 1 aliphatic heterocycles. The van der Waals surface area contributed by atoms with Gasteiger partial charge in [0.15, 0.2) is 0 Å². The van der Waals surface area contributed by atoms with E-state index >= 15 is 0 Å². The van der Waals surface area contributed by atoms with Crippen LogP contribution in [-0.2, 0) is 10.2 Å². The summed E-state index contributed by atoms with van der Waals surface area (Å²) < 4.78 is 5.66. The second kappa shape index (κ2) is 4.07. The third-order valence-corrected chi connectivity index (χ3v) is 5.80.